The van der Waals surface area contributed by atoms with Crippen molar-refractivity contribution in [2.45, 2.75) is 51.5 Å². The number of unbranched alkanes of at least 4 members (excludes halogenated alkanes) is 1. The summed E-state index contributed by atoms with van der Waals surface area (Å²) in [6, 6.07) is 0.165. The summed E-state index contributed by atoms with van der Waals surface area (Å²) in [6.07, 6.45) is 6.90. The molecule has 1 atom stereocenters. The average Bonchev–Trinajstić information content (AvgIpc) is 3.05. The van der Waals surface area contributed by atoms with Crippen molar-refractivity contribution in [2.75, 3.05) is 17.7 Å². The van der Waals surface area contributed by atoms with Crippen molar-refractivity contribution in [3.8, 4) is 0 Å². The molecule has 0 fully saturated rings. The number of tetrazole rings is 1. The molecule has 2 rings (SSSR count). The van der Waals surface area contributed by atoms with Crippen LogP contribution in [0.15, 0.2) is 6.20 Å². The number of hydrogen-bond acceptors (Lipinski definition) is 8. The highest BCUT2D eigenvalue weighted by atomic mass is 32.1. The largest absolute Gasteiger partial charge is 0.396 e. The lowest BCUT2D eigenvalue weighted by Gasteiger charge is -2.20. The van der Waals surface area contributed by atoms with Gasteiger partial charge in [0.25, 0.3) is 0 Å². The van der Waals surface area contributed by atoms with E-state index < -0.39 is 0 Å². The summed E-state index contributed by atoms with van der Waals surface area (Å²) in [4.78, 5) is 8.38. The topological polar surface area (TPSA) is 139 Å². The lowest BCUT2D eigenvalue weighted by molar-refractivity contribution is 0.276. The van der Waals surface area contributed by atoms with Crippen LogP contribution in [-0.2, 0) is 12.8 Å². The number of aromatic amines is 1. The number of aromatic nitrogens is 6. The number of nitrogens with zero attached hydrogens (tertiary/aromatic N) is 5. The molecule has 0 aromatic carbocycles. The van der Waals surface area contributed by atoms with Gasteiger partial charge in [0.15, 0.2) is 5.82 Å². The summed E-state index contributed by atoms with van der Waals surface area (Å²) in [7, 11) is 0. The fourth-order valence-corrected chi connectivity index (χ4v) is 2.35. The smallest absolute Gasteiger partial charge is 0.221 e. The SMILES string of the molecule is CCCC[C@@H](CCO)Nc1nc(N)ncc1CCc1nn[nH]n1.S. The number of H-pyrrole nitrogens is 1. The lowest BCUT2D eigenvalue weighted by atomic mass is 10.1. The van der Waals surface area contributed by atoms with E-state index in [1.807, 2.05) is 0 Å². The van der Waals surface area contributed by atoms with Crippen LogP contribution in [-0.4, -0.2) is 48.3 Å². The summed E-state index contributed by atoms with van der Waals surface area (Å²) < 4.78 is 0. The predicted octanol–water partition coefficient (Wildman–Crippen LogP) is 0.823. The maximum atomic E-state index is 9.24. The number of aryl methyl sites for hydroxylation is 2. The molecular weight excluding hydrogens is 328 g/mol. The molecule has 10 heteroatoms. The molecule has 0 saturated heterocycles. The summed E-state index contributed by atoms with van der Waals surface area (Å²) in [5.41, 5.74) is 6.66. The minimum absolute atomic E-state index is 0. The standard InChI is InChI=1S/C14H24N8O.H2S/c1-2-3-4-11(7-8-23)17-13-10(9-16-14(15)18-13)5-6-12-19-21-22-20-12;/h9,11,23H,2-8H2,1H3,(H3,15,16,17,18)(H,19,20,21,22);1H2/t11-;/m0./s1. The lowest BCUT2D eigenvalue weighted by Crippen LogP contribution is -2.23. The predicted molar refractivity (Wildman–Crippen MR) is 97.0 cm³/mol. The van der Waals surface area contributed by atoms with Crippen LogP contribution in [0.3, 0.4) is 0 Å². The summed E-state index contributed by atoms with van der Waals surface area (Å²) in [5.74, 6) is 1.59. The normalized spacial score (nSPS) is 11.8. The Morgan fingerprint density at radius 1 is 1.33 bits per heavy atom. The number of nitrogens with one attached hydrogen (secondary N) is 2. The Kier molecular flexibility index (Phi) is 9.02. The van der Waals surface area contributed by atoms with Crippen LogP contribution in [0, 0.1) is 0 Å². The quantitative estimate of drug-likeness (QED) is 0.492. The number of aliphatic hydroxyl groups is 1. The number of nitrogen functional groups attached to an aromatic ring is 1. The Balaban J connectivity index is 0.00000288. The number of hydrogen-bond donors (Lipinski definition) is 4. The minimum Gasteiger partial charge on any atom is -0.396 e. The first-order valence-corrected chi connectivity index (χ1v) is 7.94. The van der Waals surface area contributed by atoms with Gasteiger partial charge in [-0.25, -0.2) is 4.98 Å². The second kappa shape index (κ2) is 10.8. The molecule has 0 bridgehead atoms. The molecule has 0 amide bonds. The van der Waals surface area contributed by atoms with Crippen LogP contribution >= 0.6 is 13.5 Å². The van der Waals surface area contributed by atoms with Crippen molar-refractivity contribution < 1.29 is 5.11 Å². The van der Waals surface area contributed by atoms with Gasteiger partial charge in [0.1, 0.15) is 5.82 Å². The first-order chi connectivity index (χ1) is 11.2. The Bertz CT molecular complexity index is 580. The molecule has 0 spiro atoms. The zero-order valence-electron chi connectivity index (χ0n) is 13.9. The summed E-state index contributed by atoms with van der Waals surface area (Å²) in [5, 5.41) is 26.5. The second-order valence-electron chi connectivity index (χ2n) is 5.43. The molecule has 134 valence electrons. The maximum Gasteiger partial charge on any atom is 0.221 e. The van der Waals surface area contributed by atoms with E-state index in [-0.39, 0.29) is 32.1 Å². The fourth-order valence-electron chi connectivity index (χ4n) is 2.35. The molecule has 9 nitrogen and oxygen atoms in total. The van der Waals surface area contributed by atoms with E-state index >= 15 is 0 Å². The third-order valence-electron chi connectivity index (χ3n) is 3.61. The maximum absolute atomic E-state index is 9.24. The highest BCUT2D eigenvalue weighted by Gasteiger charge is 2.13. The number of aliphatic hydroxyl groups excluding tert-OH is 1. The molecule has 2 aromatic heterocycles. The van der Waals surface area contributed by atoms with Gasteiger partial charge in [-0.15, -0.1) is 10.2 Å². The molecule has 2 heterocycles. The Morgan fingerprint density at radius 2 is 2.17 bits per heavy atom. The van der Waals surface area contributed by atoms with E-state index in [2.05, 4.69) is 42.8 Å². The van der Waals surface area contributed by atoms with E-state index in [1.165, 1.54) is 0 Å². The van der Waals surface area contributed by atoms with Gasteiger partial charge in [-0.3, -0.25) is 0 Å². The fraction of sp³-hybridized carbons (Fsp3) is 0.643. The molecule has 0 aliphatic carbocycles. The third-order valence-corrected chi connectivity index (χ3v) is 3.61. The summed E-state index contributed by atoms with van der Waals surface area (Å²) in [6.45, 7) is 2.29. The molecule has 0 radical (unpaired) electrons. The second-order valence-corrected chi connectivity index (χ2v) is 5.43. The highest BCUT2D eigenvalue weighted by molar-refractivity contribution is 7.59. The molecule has 0 unspecified atom stereocenters. The molecule has 0 saturated carbocycles. The van der Waals surface area contributed by atoms with Gasteiger partial charge in [0.05, 0.1) is 0 Å². The van der Waals surface area contributed by atoms with Gasteiger partial charge < -0.3 is 16.2 Å². The van der Waals surface area contributed by atoms with Crippen LogP contribution in [0.2, 0.25) is 0 Å². The number of rotatable bonds is 10. The Morgan fingerprint density at radius 3 is 2.83 bits per heavy atom. The average molecular weight is 354 g/mol. The third kappa shape index (κ3) is 6.28. The van der Waals surface area contributed by atoms with Crippen molar-refractivity contribution in [1.82, 2.24) is 30.6 Å². The van der Waals surface area contributed by atoms with Crippen LogP contribution in [0.25, 0.3) is 0 Å². The van der Waals surface area contributed by atoms with Gasteiger partial charge >= 0.3 is 0 Å². The minimum atomic E-state index is 0. The van der Waals surface area contributed by atoms with Gasteiger partial charge in [-0.05, 0) is 19.3 Å². The molecular formula is C14H26N8OS. The van der Waals surface area contributed by atoms with E-state index in [0.717, 1.165) is 30.6 Å². The van der Waals surface area contributed by atoms with Gasteiger partial charge in [0, 0.05) is 30.8 Å². The molecule has 24 heavy (non-hydrogen) atoms. The van der Waals surface area contributed by atoms with E-state index in [9.17, 15) is 5.11 Å². The molecule has 5 N–H and O–H groups in total. The van der Waals surface area contributed by atoms with Crippen molar-refractivity contribution in [1.29, 1.82) is 0 Å². The molecule has 2 aromatic rings. The van der Waals surface area contributed by atoms with E-state index in [1.54, 1.807) is 6.20 Å². The zero-order chi connectivity index (χ0) is 16.5. The molecule has 0 aliphatic heterocycles. The summed E-state index contributed by atoms with van der Waals surface area (Å²) >= 11 is 0. The van der Waals surface area contributed by atoms with Crippen LogP contribution in [0.1, 0.15) is 44.0 Å². The monoisotopic (exact) mass is 354 g/mol. The van der Waals surface area contributed by atoms with E-state index in [4.69, 9.17) is 5.73 Å². The van der Waals surface area contributed by atoms with Crippen molar-refractivity contribution >= 4 is 25.3 Å². The first-order valence-electron chi connectivity index (χ1n) is 7.94. The van der Waals surface area contributed by atoms with Crippen LogP contribution in [0.4, 0.5) is 11.8 Å². The van der Waals surface area contributed by atoms with Crippen molar-refractivity contribution in [3.05, 3.63) is 17.6 Å². The molecule has 0 aliphatic rings. The number of anilines is 2. The highest BCUT2D eigenvalue weighted by Crippen LogP contribution is 2.18. The van der Waals surface area contributed by atoms with E-state index in [0.29, 0.717) is 25.1 Å². The van der Waals surface area contributed by atoms with Gasteiger partial charge in [0.2, 0.25) is 5.95 Å². The van der Waals surface area contributed by atoms with Gasteiger partial charge in [-0.1, -0.05) is 25.0 Å². The number of nitrogens with two attached hydrogens (primary N) is 1. The van der Waals surface area contributed by atoms with Gasteiger partial charge in [-0.2, -0.15) is 23.7 Å². The Labute approximate surface area is 148 Å². The van der Waals surface area contributed by atoms with Crippen molar-refractivity contribution in [2.24, 2.45) is 0 Å². The zero-order valence-corrected chi connectivity index (χ0v) is 14.9. The van der Waals surface area contributed by atoms with Crippen LogP contribution < -0.4 is 11.1 Å². The van der Waals surface area contributed by atoms with Crippen molar-refractivity contribution in [3.63, 3.8) is 0 Å². The van der Waals surface area contributed by atoms with Crippen LogP contribution in [0.5, 0.6) is 0 Å². The Hall–Kier alpha value is -1.94. The first kappa shape index (κ1) is 20.1.